The van der Waals surface area contributed by atoms with Crippen molar-refractivity contribution in [1.29, 1.82) is 0 Å². The minimum atomic E-state index is -1.22. The van der Waals surface area contributed by atoms with Crippen molar-refractivity contribution in [3.8, 4) is 22.8 Å². The van der Waals surface area contributed by atoms with E-state index >= 15 is 0 Å². The third kappa shape index (κ3) is 3.68. The van der Waals surface area contributed by atoms with E-state index in [1.54, 1.807) is 14.2 Å². The van der Waals surface area contributed by atoms with Crippen LogP contribution in [0.1, 0.15) is 35.3 Å². The maximum Gasteiger partial charge on any atom is 0.341 e. The molecule has 1 aliphatic rings. The quantitative estimate of drug-likeness (QED) is 0.751. The van der Waals surface area contributed by atoms with Crippen molar-refractivity contribution in [2.75, 3.05) is 27.4 Å². The Balaban J connectivity index is 2.04. The van der Waals surface area contributed by atoms with Crippen molar-refractivity contribution in [3.05, 3.63) is 45.7 Å². The normalized spacial score (nSPS) is 15.0. The van der Waals surface area contributed by atoms with Gasteiger partial charge in [-0.3, -0.25) is 4.79 Å². The molecule has 2 heterocycles. The van der Waals surface area contributed by atoms with Gasteiger partial charge in [-0.05, 0) is 31.0 Å². The van der Waals surface area contributed by atoms with Gasteiger partial charge in [0.1, 0.15) is 5.56 Å². The lowest BCUT2D eigenvalue weighted by Gasteiger charge is -2.29. The van der Waals surface area contributed by atoms with E-state index in [9.17, 15) is 14.7 Å². The summed E-state index contributed by atoms with van der Waals surface area (Å²) >= 11 is 0. The molecule has 0 saturated carbocycles. The van der Waals surface area contributed by atoms with Gasteiger partial charge in [0.15, 0.2) is 16.9 Å². The molecule has 144 valence electrons. The number of hydrogen-bond acceptors (Lipinski definition) is 5. The monoisotopic (exact) mass is 373 g/mol. The first-order valence-electron chi connectivity index (χ1n) is 8.78. The molecule has 0 aliphatic carbocycles. The Bertz CT molecular complexity index is 917. The van der Waals surface area contributed by atoms with Gasteiger partial charge in [-0.2, -0.15) is 0 Å². The number of benzene rings is 1. The van der Waals surface area contributed by atoms with Gasteiger partial charge in [0.2, 0.25) is 0 Å². The molecule has 0 fully saturated rings. The molecule has 1 unspecified atom stereocenters. The van der Waals surface area contributed by atoms with E-state index in [0.29, 0.717) is 36.8 Å². The number of aromatic nitrogens is 1. The van der Waals surface area contributed by atoms with Crippen molar-refractivity contribution in [2.24, 2.45) is 0 Å². The SMILES string of the molecule is COCCCOc1cc2c(cc1OC)-c1cc(=O)c(C(=O)O)cn1C(C)C2. The summed E-state index contributed by atoms with van der Waals surface area (Å²) in [5.74, 6) is 0.00483. The summed E-state index contributed by atoms with van der Waals surface area (Å²) in [6.45, 7) is 3.12. The Hall–Kier alpha value is -2.80. The van der Waals surface area contributed by atoms with Crippen LogP contribution in [-0.2, 0) is 11.2 Å². The predicted octanol–water partition coefficient (Wildman–Crippen LogP) is 2.75. The standard InChI is InChI=1S/C20H23NO6/c1-12-7-13-8-19(27-6-4-5-25-2)18(26-3)9-14(13)16-10-17(22)15(20(23)24)11-21(12)16/h8-12H,4-7H2,1-3H3,(H,23,24). The number of aromatic carboxylic acids is 1. The first kappa shape index (κ1) is 19.0. The number of methoxy groups -OCH3 is 2. The molecule has 0 bridgehead atoms. The van der Waals surface area contributed by atoms with Crippen LogP contribution in [0, 0.1) is 0 Å². The fraction of sp³-hybridized carbons (Fsp3) is 0.400. The molecule has 1 aliphatic heterocycles. The van der Waals surface area contributed by atoms with Gasteiger partial charge in [-0.15, -0.1) is 0 Å². The Morgan fingerprint density at radius 2 is 2.00 bits per heavy atom. The van der Waals surface area contributed by atoms with Crippen LogP contribution in [0.4, 0.5) is 0 Å². The van der Waals surface area contributed by atoms with E-state index in [1.807, 2.05) is 23.6 Å². The number of fused-ring (bicyclic) bond motifs is 3. The average Bonchev–Trinajstić information content (AvgIpc) is 2.64. The van der Waals surface area contributed by atoms with Crippen LogP contribution < -0.4 is 14.9 Å². The Morgan fingerprint density at radius 1 is 1.22 bits per heavy atom. The average molecular weight is 373 g/mol. The van der Waals surface area contributed by atoms with Crippen LogP contribution in [0.2, 0.25) is 0 Å². The maximum absolute atomic E-state index is 12.2. The van der Waals surface area contributed by atoms with Crippen molar-refractivity contribution in [1.82, 2.24) is 4.57 Å². The molecule has 7 heteroatoms. The van der Waals surface area contributed by atoms with Gasteiger partial charge in [0.05, 0.1) is 19.4 Å². The fourth-order valence-corrected chi connectivity index (χ4v) is 3.37. The summed E-state index contributed by atoms with van der Waals surface area (Å²) in [7, 11) is 3.21. The second-order valence-electron chi connectivity index (χ2n) is 6.56. The van der Waals surface area contributed by atoms with E-state index in [-0.39, 0.29) is 11.6 Å². The second-order valence-corrected chi connectivity index (χ2v) is 6.56. The molecule has 1 N–H and O–H groups in total. The molecule has 1 aromatic carbocycles. The number of rotatable bonds is 7. The van der Waals surface area contributed by atoms with Crippen LogP contribution in [0.25, 0.3) is 11.3 Å². The third-order valence-corrected chi connectivity index (χ3v) is 4.72. The lowest BCUT2D eigenvalue weighted by atomic mass is 9.92. The molecule has 1 aromatic heterocycles. The fourth-order valence-electron chi connectivity index (χ4n) is 3.37. The summed E-state index contributed by atoms with van der Waals surface area (Å²) in [6, 6.07) is 5.19. The maximum atomic E-state index is 12.2. The largest absolute Gasteiger partial charge is 0.493 e. The zero-order valence-corrected chi connectivity index (χ0v) is 15.7. The minimum Gasteiger partial charge on any atom is -0.493 e. The number of carboxylic acids is 1. The van der Waals surface area contributed by atoms with Gasteiger partial charge >= 0.3 is 5.97 Å². The minimum absolute atomic E-state index is 0.0148. The Kier molecular flexibility index (Phi) is 5.51. The molecule has 0 spiro atoms. The lowest BCUT2D eigenvalue weighted by Crippen LogP contribution is -2.24. The van der Waals surface area contributed by atoms with Gasteiger partial charge < -0.3 is 23.9 Å². The van der Waals surface area contributed by atoms with Crippen molar-refractivity contribution < 1.29 is 24.1 Å². The molecule has 7 nitrogen and oxygen atoms in total. The van der Waals surface area contributed by atoms with E-state index in [4.69, 9.17) is 14.2 Å². The highest BCUT2D eigenvalue weighted by atomic mass is 16.5. The zero-order chi connectivity index (χ0) is 19.6. The van der Waals surface area contributed by atoms with Crippen LogP contribution >= 0.6 is 0 Å². The summed E-state index contributed by atoms with van der Waals surface area (Å²) in [5.41, 5.74) is 1.84. The second kappa shape index (κ2) is 7.84. The number of hydrogen-bond donors (Lipinski definition) is 1. The van der Waals surface area contributed by atoms with E-state index in [0.717, 1.165) is 17.5 Å². The molecule has 0 saturated heterocycles. The molecule has 0 amide bonds. The lowest BCUT2D eigenvalue weighted by molar-refractivity contribution is 0.0694. The molecule has 3 rings (SSSR count). The number of nitrogens with zero attached hydrogens (tertiary/aromatic N) is 1. The Morgan fingerprint density at radius 3 is 2.67 bits per heavy atom. The Labute approximate surface area is 157 Å². The van der Waals surface area contributed by atoms with Crippen molar-refractivity contribution in [2.45, 2.75) is 25.8 Å². The highest BCUT2D eigenvalue weighted by Crippen LogP contribution is 2.40. The first-order chi connectivity index (χ1) is 13.0. The van der Waals surface area contributed by atoms with Crippen LogP contribution in [0.15, 0.2) is 29.2 Å². The topological polar surface area (TPSA) is 87.0 Å². The zero-order valence-electron chi connectivity index (χ0n) is 15.7. The van der Waals surface area contributed by atoms with Gasteiger partial charge in [-0.1, -0.05) is 0 Å². The van der Waals surface area contributed by atoms with E-state index in [1.165, 1.54) is 12.3 Å². The number of carbonyl (C=O) groups is 1. The molecule has 2 aromatic rings. The van der Waals surface area contributed by atoms with Crippen LogP contribution in [0.3, 0.4) is 0 Å². The van der Waals surface area contributed by atoms with Gasteiger partial charge in [0, 0.05) is 44.0 Å². The molecule has 0 radical (unpaired) electrons. The highest BCUT2D eigenvalue weighted by molar-refractivity contribution is 5.87. The van der Waals surface area contributed by atoms with Crippen molar-refractivity contribution >= 4 is 5.97 Å². The van der Waals surface area contributed by atoms with Gasteiger partial charge in [0.25, 0.3) is 0 Å². The molecule has 27 heavy (non-hydrogen) atoms. The number of carboxylic acid groups (broad SMARTS) is 1. The molecule has 1 atom stereocenters. The van der Waals surface area contributed by atoms with E-state index < -0.39 is 11.4 Å². The highest BCUT2D eigenvalue weighted by Gasteiger charge is 2.25. The predicted molar refractivity (Wildman–Crippen MR) is 100 cm³/mol. The third-order valence-electron chi connectivity index (χ3n) is 4.72. The molecular formula is C20H23NO6. The number of ether oxygens (including phenoxy) is 3. The summed E-state index contributed by atoms with van der Waals surface area (Å²) in [4.78, 5) is 23.5. The van der Waals surface area contributed by atoms with Gasteiger partial charge in [-0.25, -0.2) is 4.79 Å². The molecular weight excluding hydrogens is 350 g/mol. The van der Waals surface area contributed by atoms with Crippen LogP contribution in [-0.4, -0.2) is 43.1 Å². The summed E-state index contributed by atoms with van der Waals surface area (Å²) < 4.78 is 18.2. The van der Waals surface area contributed by atoms with E-state index in [2.05, 4.69) is 0 Å². The smallest absolute Gasteiger partial charge is 0.341 e. The summed E-state index contributed by atoms with van der Waals surface area (Å²) in [6.07, 6.45) is 2.89. The van der Waals surface area contributed by atoms with Crippen molar-refractivity contribution in [3.63, 3.8) is 0 Å². The van der Waals surface area contributed by atoms with Crippen LogP contribution in [0.5, 0.6) is 11.5 Å². The first-order valence-corrected chi connectivity index (χ1v) is 8.78. The number of pyridine rings is 1. The summed E-state index contributed by atoms with van der Waals surface area (Å²) in [5, 5.41) is 9.23.